The highest BCUT2D eigenvalue weighted by Crippen LogP contribution is 2.19. The Morgan fingerprint density at radius 1 is 1.38 bits per heavy atom. The van der Waals surface area contributed by atoms with Crippen molar-refractivity contribution in [3.63, 3.8) is 0 Å². The first-order valence-corrected chi connectivity index (χ1v) is 7.58. The molecule has 1 aliphatic heterocycles. The number of nitrogens with zero attached hydrogens (tertiary/aromatic N) is 1. The molecule has 0 saturated carbocycles. The minimum atomic E-state index is -0.903. The number of amides is 1. The Bertz CT molecular complexity index is 447. The molecule has 1 heterocycles. The second-order valence-corrected chi connectivity index (χ2v) is 6.41. The van der Waals surface area contributed by atoms with E-state index in [0.29, 0.717) is 19.7 Å². The van der Waals surface area contributed by atoms with Crippen molar-refractivity contribution >= 4 is 5.91 Å². The second kappa shape index (κ2) is 7.05. The van der Waals surface area contributed by atoms with Gasteiger partial charge in [0.1, 0.15) is 0 Å². The van der Waals surface area contributed by atoms with Crippen LogP contribution in [0.5, 0.6) is 0 Å². The van der Waals surface area contributed by atoms with Gasteiger partial charge in [0.15, 0.2) is 0 Å². The Morgan fingerprint density at radius 2 is 2.10 bits per heavy atom. The lowest BCUT2D eigenvalue weighted by atomic mass is 9.99. The number of hydrogen-bond donors (Lipinski definition) is 1. The van der Waals surface area contributed by atoms with E-state index in [1.165, 1.54) is 0 Å². The molecule has 4 heteroatoms. The van der Waals surface area contributed by atoms with Gasteiger partial charge in [0.25, 0.3) is 0 Å². The fourth-order valence-corrected chi connectivity index (χ4v) is 2.68. The molecule has 0 aliphatic carbocycles. The van der Waals surface area contributed by atoms with E-state index in [0.717, 1.165) is 25.0 Å². The molecule has 0 radical (unpaired) electrons. The quantitative estimate of drug-likeness (QED) is 0.905. The highest BCUT2D eigenvalue weighted by molar-refractivity contribution is 5.79. The summed E-state index contributed by atoms with van der Waals surface area (Å²) >= 11 is 0. The minimum Gasteiger partial charge on any atom is -0.389 e. The summed E-state index contributed by atoms with van der Waals surface area (Å²) < 4.78 is 5.42. The van der Waals surface area contributed by atoms with Crippen LogP contribution in [0.2, 0.25) is 0 Å². The van der Waals surface area contributed by atoms with Crippen LogP contribution in [-0.2, 0) is 16.1 Å². The Labute approximate surface area is 126 Å². The summed E-state index contributed by atoms with van der Waals surface area (Å²) in [5.41, 5.74) is 0.173. The summed E-state index contributed by atoms with van der Waals surface area (Å²) in [6.45, 7) is 5.56. The van der Waals surface area contributed by atoms with E-state index in [1.54, 1.807) is 18.7 Å². The van der Waals surface area contributed by atoms with Gasteiger partial charge in [-0.25, -0.2) is 0 Å². The van der Waals surface area contributed by atoms with Crippen LogP contribution < -0.4 is 0 Å². The molecule has 2 rings (SSSR count). The molecule has 1 aromatic rings. The summed E-state index contributed by atoms with van der Waals surface area (Å²) in [5, 5.41) is 10.1. The lowest BCUT2D eigenvalue weighted by Gasteiger charge is -2.33. The van der Waals surface area contributed by atoms with Crippen LogP contribution in [0, 0.1) is 5.92 Å². The van der Waals surface area contributed by atoms with Gasteiger partial charge in [0.05, 0.1) is 18.1 Å². The average molecular weight is 291 g/mol. The smallest absolute Gasteiger partial charge is 0.228 e. The van der Waals surface area contributed by atoms with Crippen LogP contribution in [0.3, 0.4) is 0 Å². The Hall–Kier alpha value is -1.39. The number of carbonyl (C=O) groups excluding carboxylic acids is 1. The Kier molecular flexibility index (Phi) is 5.37. The van der Waals surface area contributed by atoms with Crippen LogP contribution in [-0.4, -0.2) is 41.3 Å². The maximum absolute atomic E-state index is 12.7. The molecule has 1 amide bonds. The second-order valence-electron chi connectivity index (χ2n) is 6.41. The zero-order valence-corrected chi connectivity index (χ0v) is 12.9. The van der Waals surface area contributed by atoms with Gasteiger partial charge in [0.2, 0.25) is 5.91 Å². The largest absolute Gasteiger partial charge is 0.389 e. The standard InChI is InChI=1S/C17H25NO3/c1-17(2,20)13-18(11-14-7-4-3-5-8-14)16(19)15-9-6-10-21-12-15/h3-5,7-8,15,20H,6,9-13H2,1-2H3. The molecular formula is C17H25NO3. The van der Waals surface area contributed by atoms with Gasteiger partial charge >= 0.3 is 0 Å². The van der Waals surface area contributed by atoms with Crippen molar-refractivity contribution in [2.24, 2.45) is 5.92 Å². The van der Waals surface area contributed by atoms with Crippen molar-refractivity contribution in [2.75, 3.05) is 19.8 Å². The molecule has 116 valence electrons. The molecule has 1 N–H and O–H groups in total. The Morgan fingerprint density at radius 3 is 2.67 bits per heavy atom. The van der Waals surface area contributed by atoms with Crippen LogP contribution in [0.15, 0.2) is 30.3 Å². The zero-order valence-electron chi connectivity index (χ0n) is 12.9. The van der Waals surface area contributed by atoms with Crippen molar-refractivity contribution < 1.29 is 14.6 Å². The van der Waals surface area contributed by atoms with Gasteiger partial charge < -0.3 is 14.7 Å². The Balaban J connectivity index is 2.09. The predicted molar refractivity (Wildman–Crippen MR) is 81.7 cm³/mol. The number of carbonyl (C=O) groups is 1. The summed E-state index contributed by atoms with van der Waals surface area (Å²) in [7, 11) is 0. The van der Waals surface area contributed by atoms with E-state index in [4.69, 9.17) is 4.74 Å². The molecule has 1 atom stereocenters. The monoisotopic (exact) mass is 291 g/mol. The lowest BCUT2D eigenvalue weighted by molar-refractivity contribution is -0.143. The van der Waals surface area contributed by atoms with Gasteiger partial charge in [0, 0.05) is 19.7 Å². The van der Waals surface area contributed by atoms with Gasteiger partial charge in [-0.15, -0.1) is 0 Å². The van der Waals surface area contributed by atoms with E-state index in [1.807, 2.05) is 30.3 Å². The molecule has 4 nitrogen and oxygen atoms in total. The van der Waals surface area contributed by atoms with Gasteiger partial charge in [-0.1, -0.05) is 30.3 Å². The molecule has 0 spiro atoms. The number of benzene rings is 1. The first-order chi connectivity index (χ1) is 9.96. The molecule has 1 aromatic carbocycles. The normalized spacial score (nSPS) is 19.3. The molecule has 0 aromatic heterocycles. The van der Waals surface area contributed by atoms with Crippen molar-refractivity contribution in [1.82, 2.24) is 4.90 Å². The maximum atomic E-state index is 12.7. The van der Waals surface area contributed by atoms with Crippen molar-refractivity contribution in [2.45, 2.75) is 38.8 Å². The average Bonchev–Trinajstić information content (AvgIpc) is 2.46. The van der Waals surface area contributed by atoms with E-state index in [9.17, 15) is 9.90 Å². The third-order valence-electron chi connectivity index (χ3n) is 3.62. The topological polar surface area (TPSA) is 49.8 Å². The molecule has 1 unspecified atom stereocenters. The molecule has 0 bridgehead atoms. The van der Waals surface area contributed by atoms with Crippen LogP contribution in [0.4, 0.5) is 0 Å². The highest BCUT2D eigenvalue weighted by atomic mass is 16.5. The van der Waals surface area contributed by atoms with Crippen LogP contribution >= 0.6 is 0 Å². The first kappa shape index (κ1) is 16.0. The summed E-state index contributed by atoms with van der Waals surface area (Å²) in [4.78, 5) is 14.5. The fraction of sp³-hybridized carbons (Fsp3) is 0.588. The molecular weight excluding hydrogens is 266 g/mol. The lowest BCUT2D eigenvalue weighted by Crippen LogP contribution is -2.45. The summed E-state index contributed by atoms with van der Waals surface area (Å²) in [6, 6.07) is 9.89. The SMILES string of the molecule is CC(C)(O)CN(Cc1ccccc1)C(=O)C1CCCOC1. The van der Waals surface area contributed by atoms with Gasteiger partial charge in [-0.2, -0.15) is 0 Å². The van der Waals surface area contributed by atoms with Gasteiger partial charge in [-0.05, 0) is 32.3 Å². The van der Waals surface area contributed by atoms with E-state index in [2.05, 4.69) is 0 Å². The number of ether oxygens (including phenoxy) is 1. The number of hydrogen-bond acceptors (Lipinski definition) is 3. The van der Waals surface area contributed by atoms with E-state index >= 15 is 0 Å². The minimum absolute atomic E-state index is 0.0789. The number of aliphatic hydroxyl groups is 1. The zero-order chi connectivity index (χ0) is 15.3. The first-order valence-electron chi connectivity index (χ1n) is 7.58. The van der Waals surface area contributed by atoms with Crippen molar-refractivity contribution in [3.8, 4) is 0 Å². The van der Waals surface area contributed by atoms with Crippen molar-refractivity contribution in [3.05, 3.63) is 35.9 Å². The third-order valence-corrected chi connectivity index (χ3v) is 3.62. The van der Waals surface area contributed by atoms with Crippen LogP contribution in [0.1, 0.15) is 32.3 Å². The van der Waals surface area contributed by atoms with Crippen molar-refractivity contribution in [1.29, 1.82) is 0 Å². The highest BCUT2D eigenvalue weighted by Gasteiger charge is 2.29. The van der Waals surface area contributed by atoms with E-state index < -0.39 is 5.60 Å². The summed E-state index contributed by atoms with van der Waals surface area (Å²) in [6.07, 6.45) is 1.80. The fourth-order valence-electron chi connectivity index (χ4n) is 2.68. The molecule has 1 fully saturated rings. The molecule has 21 heavy (non-hydrogen) atoms. The van der Waals surface area contributed by atoms with Crippen LogP contribution in [0.25, 0.3) is 0 Å². The third kappa shape index (κ3) is 5.14. The van der Waals surface area contributed by atoms with E-state index in [-0.39, 0.29) is 11.8 Å². The summed E-state index contributed by atoms with van der Waals surface area (Å²) in [5.74, 6) is 0.00508. The predicted octanol–water partition coefficient (Wildman–Crippen LogP) is 2.21. The number of rotatable bonds is 5. The molecule has 1 aliphatic rings. The molecule has 1 saturated heterocycles. The maximum Gasteiger partial charge on any atom is 0.228 e. The van der Waals surface area contributed by atoms with Gasteiger partial charge in [-0.3, -0.25) is 4.79 Å².